The fourth-order valence-electron chi connectivity index (χ4n) is 4.84. The molecular weight excluding hydrogens is 468 g/mol. The van der Waals surface area contributed by atoms with Crippen LogP contribution < -0.4 is 10.6 Å². The van der Waals surface area contributed by atoms with Crippen LogP contribution in [0.4, 0.5) is 5.69 Å². The van der Waals surface area contributed by atoms with Crippen LogP contribution in [-0.4, -0.2) is 37.0 Å². The van der Waals surface area contributed by atoms with Crippen LogP contribution in [0.2, 0.25) is 0 Å². The SMILES string of the molecule is Cc1cc([C@@H]2[C@H](c3ccccn3)NC(=S)N2CC(=O)Nc2ccccc2)c(C)n1Cc1cccnc1. The lowest BCUT2D eigenvalue weighted by Gasteiger charge is -2.27. The Hall–Kier alpha value is -4.04. The van der Waals surface area contributed by atoms with Gasteiger partial charge < -0.3 is 20.1 Å². The molecule has 0 radical (unpaired) electrons. The Morgan fingerprint density at radius 2 is 1.86 bits per heavy atom. The summed E-state index contributed by atoms with van der Waals surface area (Å²) < 4.78 is 2.28. The maximum absolute atomic E-state index is 13.1. The fraction of sp³-hybridized carbons (Fsp3) is 0.214. The predicted octanol–water partition coefficient (Wildman–Crippen LogP) is 4.55. The van der Waals surface area contributed by atoms with E-state index >= 15 is 0 Å². The van der Waals surface area contributed by atoms with Crippen LogP contribution in [0.15, 0.2) is 85.3 Å². The number of nitrogens with one attached hydrogen (secondary N) is 2. The van der Waals surface area contributed by atoms with Crippen LogP contribution in [0.5, 0.6) is 0 Å². The lowest BCUT2D eigenvalue weighted by molar-refractivity contribution is -0.116. The Labute approximate surface area is 216 Å². The zero-order valence-corrected chi connectivity index (χ0v) is 21.1. The zero-order valence-electron chi connectivity index (χ0n) is 20.3. The molecular formula is C28H28N6OS. The van der Waals surface area contributed by atoms with Crippen LogP contribution >= 0.6 is 12.2 Å². The number of benzene rings is 1. The molecule has 1 fully saturated rings. The Morgan fingerprint density at radius 3 is 2.58 bits per heavy atom. The Balaban J connectivity index is 1.49. The second-order valence-corrected chi connectivity index (χ2v) is 9.33. The number of pyridine rings is 2. The van der Waals surface area contributed by atoms with Gasteiger partial charge in [0.15, 0.2) is 5.11 Å². The van der Waals surface area contributed by atoms with Gasteiger partial charge >= 0.3 is 0 Å². The van der Waals surface area contributed by atoms with Gasteiger partial charge in [0.05, 0.1) is 17.8 Å². The number of carbonyl (C=O) groups excluding carboxylic acids is 1. The smallest absolute Gasteiger partial charge is 0.244 e. The number of hydrogen-bond acceptors (Lipinski definition) is 4. The first kappa shape index (κ1) is 23.7. The van der Waals surface area contributed by atoms with Crippen LogP contribution in [0.3, 0.4) is 0 Å². The topological polar surface area (TPSA) is 75.1 Å². The molecule has 8 heteroatoms. The standard InChI is InChI=1S/C28H28N6OS/c1-19-15-23(20(2)33(19)17-21-9-8-13-29-16-21)27-26(24-12-6-7-14-30-24)32-28(36)34(27)18-25(35)31-22-10-4-3-5-11-22/h3-16,26-27H,17-18H2,1-2H3,(H,31,35)(H,32,36)/t26-,27+/m0/s1. The summed E-state index contributed by atoms with van der Waals surface area (Å²) in [4.78, 5) is 23.9. The number of carbonyl (C=O) groups is 1. The van der Waals surface area contributed by atoms with Crippen molar-refractivity contribution in [2.75, 3.05) is 11.9 Å². The summed E-state index contributed by atoms with van der Waals surface area (Å²) in [6.45, 7) is 5.08. The van der Waals surface area contributed by atoms with E-state index in [4.69, 9.17) is 12.2 Å². The van der Waals surface area contributed by atoms with Crippen LogP contribution in [0.1, 0.15) is 40.3 Å². The van der Waals surface area contributed by atoms with Crippen LogP contribution in [-0.2, 0) is 11.3 Å². The van der Waals surface area contributed by atoms with E-state index in [9.17, 15) is 4.79 Å². The van der Waals surface area contributed by atoms with Gasteiger partial charge in [-0.25, -0.2) is 0 Å². The Morgan fingerprint density at radius 1 is 1.06 bits per heavy atom. The predicted molar refractivity (Wildman–Crippen MR) is 144 cm³/mol. The van der Waals surface area contributed by atoms with E-state index in [1.54, 1.807) is 12.4 Å². The molecule has 4 heterocycles. The molecule has 182 valence electrons. The highest BCUT2D eigenvalue weighted by Crippen LogP contribution is 2.40. The number of hydrogen-bond donors (Lipinski definition) is 2. The highest BCUT2D eigenvalue weighted by Gasteiger charge is 2.42. The first-order valence-corrected chi connectivity index (χ1v) is 12.3. The molecule has 2 atom stereocenters. The summed E-state index contributed by atoms with van der Waals surface area (Å²) >= 11 is 5.76. The monoisotopic (exact) mass is 496 g/mol. The van der Waals surface area contributed by atoms with E-state index < -0.39 is 0 Å². The van der Waals surface area contributed by atoms with E-state index in [0.29, 0.717) is 5.11 Å². The number of amides is 1. The maximum Gasteiger partial charge on any atom is 0.244 e. The number of thiocarbonyl (C=S) groups is 1. The third-order valence-electron chi connectivity index (χ3n) is 6.56. The van der Waals surface area contributed by atoms with Gasteiger partial charge in [-0.1, -0.05) is 30.3 Å². The van der Waals surface area contributed by atoms with Gasteiger partial charge in [-0.3, -0.25) is 14.8 Å². The number of anilines is 1. The molecule has 4 aromatic rings. The summed E-state index contributed by atoms with van der Waals surface area (Å²) in [5.41, 5.74) is 6.15. The van der Waals surface area contributed by atoms with E-state index in [1.165, 1.54) is 0 Å². The second kappa shape index (κ2) is 10.3. The number of nitrogens with zero attached hydrogens (tertiary/aromatic N) is 4. The van der Waals surface area contributed by atoms with Gasteiger partial charge in [-0.05, 0) is 73.6 Å². The van der Waals surface area contributed by atoms with Gasteiger partial charge in [-0.2, -0.15) is 0 Å². The molecule has 1 aromatic carbocycles. The zero-order chi connectivity index (χ0) is 25.1. The maximum atomic E-state index is 13.1. The number of rotatable bonds is 7. The lowest BCUT2D eigenvalue weighted by atomic mass is 9.96. The van der Waals surface area contributed by atoms with Crippen molar-refractivity contribution >= 4 is 28.9 Å². The minimum Gasteiger partial charge on any atom is -0.352 e. The summed E-state index contributed by atoms with van der Waals surface area (Å²) in [5, 5.41) is 6.96. The number of para-hydroxylation sites is 1. The third-order valence-corrected chi connectivity index (χ3v) is 6.92. The van der Waals surface area contributed by atoms with Crippen molar-refractivity contribution in [3.8, 4) is 0 Å². The van der Waals surface area contributed by atoms with Crippen molar-refractivity contribution in [3.05, 3.63) is 114 Å². The van der Waals surface area contributed by atoms with E-state index in [1.807, 2.05) is 65.7 Å². The minimum atomic E-state index is -0.192. The minimum absolute atomic E-state index is 0.124. The molecule has 0 spiro atoms. The van der Waals surface area contributed by atoms with Gasteiger partial charge in [0, 0.05) is 42.2 Å². The summed E-state index contributed by atoms with van der Waals surface area (Å²) in [5.74, 6) is -0.124. The first-order chi connectivity index (χ1) is 17.5. The fourth-order valence-corrected chi connectivity index (χ4v) is 5.14. The van der Waals surface area contributed by atoms with Gasteiger partial charge in [0.25, 0.3) is 0 Å². The highest BCUT2D eigenvalue weighted by atomic mass is 32.1. The second-order valence-electron chi connectivity index (χ2n) is 8.94. The van der Waals surface area contributed by atoms with E-state index in [2.05, 4.69) is 51.1 Å². The van der Waals surface area contributed by atoms with Crippen molar-refractivity contribution in [1.29, 1.82) is 0 Å². The molecule has 7 nitrogen and oxygen atoms in total. The average molecular weight is 497 g/mol. The van der Waals surface area contributed by atoms with Crippen LogP contribution in [0.25, 0.3) is 0 Å². The number of aryl methyl sites for hydroxylation is 1. The first-order valence-electron chi connectivity index (χ1n) is 11.9. The Bertz CT molecular complexity index is 1360. The Kier molecular flexibility index (Phi) is 6.77. The van der Waals surface area contributed by atoms with E-state index in [-0.39, 0.29) is 24.5 Å². The van der Waals surface area contributed by atoms with E-state index in [0.717, 1.165) is 40.4 Å². The highest BCUT2D eigenvalue weighted by molar-refractivity contribution is 7.80. The molecule has 3 aromatic heterocycles. The quantitative estimate of drug-likeness (QED) is 0.366. The van der Waals surface area contributed by atoms with Gasteiger partial charge in [0.1, 0.15) is 6.54 Å². The van der Waals surface area contributed by atoms with Gasteiger partial charge in [-0.15, -0.1) is 0 Å². The number of aromatic nitrogens is 3. The summed E-state index contributed by atoms with van der Waals surface area (Å²) in [6, 6.07) is 21.2. The van der Waals surface area contributed by atoms with Crippen LogP contribution in [0, 0.1) is 13.8 Å². The average Bonchev–Trinajstić information content (AvgIpc) is 3.36. The molecule has 1 amide bonds. The van der Waals surface area contributed by atoms with Crippen molar-refractivity contribution in [2.24, 2.45) is 0 Å². The van der Waals surface area contributed by atoms with Crippen molar-refractivity contribution in [2.45, 2.75) is 32.5 Å². The molecule has 1 aliphatic heterocycles. The van der Waals surface area contributed by atoms with Crippen molar-refractivity contribution < 1.29 is 4.79 Å². The summed E-state index contributed by atoms with van der Waals surface area (Å²) in [6.07, 6.45) is 5.46. The molecule has 0 bridgehead atoms. The lowest BCUT2D eigenvalue weighted by Crippen LogP contribution is -2.37. The molecule has 1 aliphatic rings. The van der Waals surface area contributed by atoms with Crippen molar-refractivity contribution in [3.63, 3.8) is 0 Å². The van der Waals surface area contributed by atoms with Crippen molar-refractivity contribution in [1.82, 2.24) is 24.8 Å². The normalized spacial score (nSPS) is 17.2. The molecule has 0 aliphatic carbocycles. The van der Waals surface area contributed by atoms with Gasteiger partial charge in [0.2, 0.25) is 5.91 Å². The molecule has 2 N–H and O–H groups in total. The molecule has 36 heavy (non-hydrogen) atoms. The summed E-state index contributed by atoms with van der Waals surface area (Å²) in [7, 11) is 0. The molecule has 5 rings (SSSR count). The molecule has 0 saturated carbocycles. The molecule has 0 unspecified atom stereocenters. The molecule has 1 saturated heterocycles. The third kappa shape index (κ3) is 4.85. The largest absolute Gasteiger partial charge is 0.352 e.